The van der Waals surface area contributed by atoms with E-state index in [1.165, 1.54) is 37.7 Å². The number of likely N-dealkylation sites (N-methyl/N-ethyl adjacent to an activating group) is 1. The van der Waals surface area contributed by atoms with Crippen molar-refractivity contribution in [2.45, 2.75) is 51.5 Å². The zero-order valence-electron chi connectivity index (χ0n) is 11.2. The summed E-state index contributed by atoms with van der Waals surface area (Å²) < 4.78 is 1.08. The van der Waals surface area contributed by atoms with Gasteiger partial charge in [0.05, 0.1) is 0 Å². The van der Waals surface area contributed by atoms with Crippen LogP contribution in [-0.4, -0.2) is 17.6 Å². The molecule has 1 atom stereocenters. The van der Waals surface area contributed by atoms with Crippen molar-refractivity contribution < 1.29 is 0 Å². The Balaban J connectivity index is 1.92. The summed E-state index contributed by atoms with van der Waals surface area (Å²) in [6, 6.07) is 2.79. The van der Waals surface area contributed by atoms with Gasteiger partial charge in [0.1, 0.15) is 0 Å². The zero-order chi connectivity index (χ0) is 12.8. The lowest BCUT2D eigenvalue weighted by molar-refractivity contribution is 0.390. The predicted octanol–water partition coefficient (Wildman–Crippen LogP) is 3.95. The third-order valence-corrected chi connectivity index (χ3v) is 4.26. The molecule has 0 saturated heterocycles. The smallest absolute Gasteiger partial charge is 0.0410 e. The van der Waals surface area contributed by atoms with Gasteiger partial charge in [-0.3, -0.25) is 4.98 Å². The summed E-state index contributed by atoms with van der Waals surface area (Å²) in [5.74, 6) is 0.939. The van der Waals surface area contributed by atoms with E-state index in [2.05, 4.69) is 39.2 Å². The molecule has 0 bridgehead atoms. The average Bonchev–Trinajstić information content (AvgIpc) is 2.82. The first-order chi connectivity index (χ1) is 8.78. The van der Waals surface area contributed by atoms with E-state index in [1.807, 2.05) is 12.4 Å². The molecular weight excluding hydrogens is 288 g/mol. The van der Waals surface area contributed by atoms with Crippen LogP contribution in [0.15, 0.2) is 22.9 Å². The van der Waals surface area contributed by atoms with Crippen LogP contribution in [-0.2, 0) is 6.42 Å². The van der Waals surface area contributed by atoms with Crippen molar-refractivity contribution in [1.29, 1.82) is 0 Å². The van der Waals surface area contributed by atoms with Crippen molar-refractivity contribution >= 4 is 15.9 Å². The first-order valence-electron chi connectivity index (χ1n) is 7.10. The van der Waals surface area contributed by atoms with Crippen LogP contribution in [0.1, 0.15) is 44.6 Å². The van der Waals surface area contributed by atoms with Crippen molar-refractivity contribution in [2.75, 3.05) is 6.54 Å². The Kier molecular flexibility index (Phi) is 5.64. The molecule has 1 aliphatic carbocycles. The molecule has 100 valence electrons. The Labute approximate surface area is 119 Å². The number of nitrogens with one attached hydrogen (secondary N) is 1. The van der Waals surface area contributed by atoms with E-state index in [0.29, 0.717) is 6.04 Å². The van der Waals surface area contributed by atoms with E-state index in [4.69, 9.17) is 0 Å². The number of hydrogen-bond acceptors (Lipinski definition) is 2. The van der Waals surface area contributed by atoms with Crippen LogP contribution >= 0.6 is 15.9 Å². The summed E-state index contributed by atoms with van der Waals surface area (Å²) in [7, 11) is 0. The maximum Gasteiger partial charge on any atom is 0.0410 e. The van der Waals surface area contributed by atoms with E-state index >= 15 is 0 Å². The fraction of sp³-hybridized carbons (Fsp3) is 0.667. The Bertz CT molecular complexity index is 361. The summed E-state index contributed by atoms with van der Waals surface area (Å²) in [6.07, 6.45) is 12.0. The van der Waals surface area contributed by atoms with Gasteiger partial charge in [0.25, 0.3) is 0 Å². The summed E-state index contributed by atoms with van der Waals surface area (Å²) in [4.78, 5) is 4.25. The number of hydrogen-bond donors (Lipinski definition) is 1. The first-order valence-corrected chi connectivity index (χ1v) is 7.90. The SMILES string of the molecule is CCNC(Cc1cncc(Br)c1)CC1CCCC1. The number of aromatic nitrogens is 1. The predicted molar refractivity (Wildman–Crippen MR) is 79.7 cm³/mol. The molecule has 1 unspecified atom stereocenters. The highest BCUT2D eigenvalue weighted by molar-refractivity contribution is 9.10. The van der Waals surface area contributed by atoms with Crippen molar-refractivity contribution in [1.82, 2.24) is 10.3 Å². The van der Waals surface area contributed by atoms with Gasteiger partial charge in [-0.2, -0.15) is 0 Å². The second-order valence-electron chi connectivity index (χ2n) is 5.36. The largest absolute Gasteiger partial charge is 0.314 e. The van der Waals surface area contributed by atoms with Crippen molar-refractivity contribution in [2.24, 2.45) is 5.92 Å². The molecule has 1 aromatic heterocycles. The van der Waals surface area contributed by atoms with Crippen LogP contribution < -0.4 is 5.32 Å². The molecule has 1 N–H and O–H groups in total. The molecule has 18 heavy (non-hydrogen) atoms. The van der Waals surface area contributed by atoms with E-state index in [9.17, 15) is 0 Å². The Morgan fingerprint density at radius 3 is 2.83 bits per heavy atom. The minimum Gasteiger partial charge on any atom is -0.314 e. The Morgan fingerprint density at radius 1 is 1.39 bits per heavy atom. The van der Waals surface area contributed by atoms with Crippen LogP contribution in [0.5, 0.6) is 0 Å². The van der Waals surface area contributed by atoms with E-state index < -0.39 is 0 Å². The van der Waals surface area contributed by atoms with Gasteiger partial charge < -0.3 is 5.32 Å². The molecule has 1 aliphatic rings. The molecule has 0 aliphatic heterocycles. The topological polar surface area (TPSA) is 24.9 Å². The van der Waals surface area contributed by atoms with Crippen LogP contribution in [0.4, 0.5) is 0 Å². The van der Waals surface area contributed by atoms with Crippen molar-refractivity contribution in [3.8, 4) is 0 Å². The van der Waals surface area contributed by atoms with E-state index in [1.54, 1.807) is 0 Å². The summed E-state index contributed by atoms with van der Waals surface area (Å²) in [5.41, 5.74) is 1.33. The first kappa shape index (κ1) is 14.0. The molecular formula is C15H23BrN2. The fourth-order valence-electron chi connectivity index (χ4n) is 3.03. The molecule has 0 aromatic carbocycles. The number of nitrogens with zero attached hydrogens (tertiary/aromatic N) is 1. The molecule has 1 aromatic rings. The molecule has 0 spiro atoms. The van der Waals surface area contributed by atoms with Gasteiger partial charge in [0.15, 0.2) is 0 Å². The fourth-order valence-corrected chi connectivity index (χ4v) is 3.44. The van der Waals surface area contributed by atoms with E-state index in [0.717, 1.165) is 23.4 Å². The van der Waals surface area contributed by atoms with Crippen LogP contribution in [0, 0.1) is 5.92 Å². The molecule has 0 radical (unpaired) electrons. The normalized spacial score (nSPS) is 18.1. The molecule has 2 nitrogen and oxygen atoms in total. The third-order valence-electron chi connectivity index (χ3n) is 3.83. The van der Waals surface area contributed by atoms with Gasteiger partial charge >= 0.3 is 0 Å². The molecule has 1 heterocycles. The maximum atomic E-state index is 4.25. The second-order valence-corrected chi connectivity index (χ2v) is 6.27. The molecule has 3 heteroatoms. The lowest BCUT2D eigenvalue weighted by Crippen LogP contribution is -2.32. The summed E-state index contributed by atoms with van der Waals surface area (Å²) in [6.45, 7) is 3.25. The van der Waals surface area contributed by atoms with Gasteiger partial charge in [0.2, 0.25) is 0 Å². The molecule has 1 saturated carbocycles. The van der Waals surface area contributed by atoms with Crippen molar-refractivity contribution in [3.63, 3.8) is 0 Å². The standard InChI is InChI=1S/C15H23BrN2/c1-2-18-15(8-12-5-3-4-6-12)9-13-7-14(16)11-17-10-13/h7,10-12,15,18H,2-6,8-9H2,1H3. The Morgan fingerprint density at radius 2 is 2.17 bits per heavy atom. The van der Waals surface area contributed by atoms with Gasteiger partial charge in [-0.15, -0.1) is 0 Å². The van der Waals surface area contributed by atoms with Crippen molar-refractivity contribution in [3.05, 3.63) is 28.5 Å². The second kappa shape index (κ2) is 7.25. The highest BCUT2D eigenvalue weighted by Crippen LogP contribution is 2.29. The molecule has 0 amide bonds. The number of rotatable bonds is 6. The average molecular weight is 311 g/mol. The monoisotopic (exact) mass is 310 g/mol. The Hall–Kier alpha value is -0.410. The highest BCUT2D eigenvalue weighted by atomic mass is 79.9. The van der Waals surface area contributed by atoms with Crippen LogP contribution in [0.25, 0.3) is 0 Å². The summed E-state index contributed by atoms with van der Waals surface area (Å²) >= 11 is 3.50. The van der Waals surface area contributed by atoms with E-state index in [-0.39, 0.29) is 0 Å². The van der Waals surface area contributed by atoms with Gasteiger partial charge in [0, 0.05) is 22.9 Å². The highest BCUT2D eigenvalue weighted by Gasteiger charge is 2.20. The summed E-state index contributed by atoms with van der Waals surface area (Å²) in [5, 5.41) is 3.63. The van der Waals surface area contributed by atoms with Gasteiger partial charge in [-0.25, -0.2) is 0 Å². The van der Waals surface area contributed by atoms with Gasteiger partial charge in [-0.1, -0.05) is 32.6 Å². The lowest BCUT2D eigenvalue weighted by Gasteiger charge is -2.21. The number of halogens is 1. The maximum absolute atomic E-state index is 4.25. The van der Waals surface area contributed by atoms with Gasteiger partial charge in [-0.05, 0) is 52.9 Å². The zero-order valence-corrected chi connectivity index (χ0v) is 12.7. The van der Waals surface area contributed by atoms with Crippen LogP contribution in [0.2, 0.25) is 0 Å². The lowest BCUT2D eigenvalue weighted by atomic mass is 9.94. The number of pyridine rings is 1. The minimum absolute atomic E-state index is 0.606. The van der Waals surface area contributed by atoms with Crippen LogP contribution in [0.3, 0.4) is 0 Å². The third kappa shape index (κ3) is 4.36. The quantitative estimate of drug-likeness (QED) is 0.860. The molecule has 1 fully saturated rings. The minimum atomic E-state index is 0.606. The molecule has 2 rings (SSSR count).